The molecule has 0 saturated heterocycles. The van der Waals surface area contributed by atoms with Gasteiger partial charge in [0.15, 0.2) is 0 Å². The molecule has 4 radical (unpaired) electrons. The molecule has 0 bridgehead atoms. The molecule has 0 saturated carbocycles. The van der Waals surface area contributed by atoms with E-state index in [9.17, 15) is 0 Å². The average Bonchev–Trinajstić information content (AvgIpc) is 1.12. The Kier molecular flexibility index (Phi) is 15.6. The van der Waals surface area contributed by atoms with Crippen molar-refractivity contribution in [3.05, 3.63) is 0 Å². The van der Waals surface area contributed by atoms with Crippen LogP contribution in [0.2, 0.25) is 0 Å². The smallest absolute Gasteiger partial charge is 0.759 e. The third-order valence-corrected chi connectivity index (χ3v) is 0. The maximum Gasteiger partial charge on any atom is 2.00 e. The van der Waals surface area contributed by atoms with Crippen molar-refractivity contribution < 1.29 is 51.5 Å². The monoisotopic (exact) mass is 282 g/mol. The first-order valence-electron chi connectivity index (χ1n) is 1.33. The molecule has 12 heteroatoms. The van der Waals surface area contributed by atoms with Crippen LogP contribution in [0.4, 0.5) is 0 Å². The third-order valence-electron chi connectivity index (χ3n) is 0. The predicted octanol–water partition coefficient (Wildman–Crippen LogP) is -2.68. The van der Waals surface area contributed by atoms with Gasteiger partial charge in [0, 0.05) is 20.8 Å². The summed E-state index contributed by atoms with van der Waals surface area (Å²) in [7, 11) is -10.3. The van der Waals surface area contributed by atoms with Crippen molar-refractivity contribution in [2.75, 3.05) is 0 Å². The van der Waals surface area contributed by atoms with Crippen LogP contribution in [0.5, 0.6) is 0 Å². The summed E-state index contributed by atoms with van der Waals surface area (Å²) in [5.41, 5.74) is 0. The molecule has 0 aliphatic carbocycles. The molecule has 0 aromatic carbocycles. The molecule has 0 N–H and O–H groups in total. The van der Waals surface area contributed by atoms with Crippen LogP contribution in [-0.2, 0) is 50.8 Å². The van der Waals surface area contributed by atoms with E-state index in [-0.39, 0.29) is 30.0 Å². The Balaban J connectivity index is -0.0000000457. The first kappa shape index (κ1) is 22.9. The number of hydrogen-bond donors (Lipinski definition) is 0. The predicted molar refractivity (Wildman–Crippen MR) is 28.3 cm³/mol. The van der Waals surface area contributed by atoms with Crippen LogP contribution in [-0.4, -0.2) is 35.0 Å². The molecule has 0 atom stereocenters. The molecule has 8 nitrogen and oxygen atoms in total. The van der Waals surface area contributed by atoms with Gasteiger partial charge in [-0.25, -0.2) is 0 Å². The van der Waals surface area contributed by atoms with E-state index in [0.29, 0.717) is 0 Å². The Morgan fingerprint density at radius 2 is 0.667 bits per heavy atom. The van der Waals surface area contributed by atoms with Gasteiger partial charge in [-0.2, -0.15) is 0 Å². The summed E-state index contributed by atoms with van der Waals surface area (Å²) in [6.07, 6.45) is 0. The van der Waals surface area contributed by atoms with Crippen molar-refractivity contribution in [2.45, 2.75) is 0 Å². The van der Waals surface area contributed by atoms with Gasteiger partial charge >= 0.3 is 30.0 Å². The second-order valence-electron chi connectivity index (χ2n) is 0.816. The topological polar surface area (TPSA) is 161 Å². The third kappa shape index (κ3) is 2850. The van der Waals surface area contributed by atoms with E-state index in [1.165, 1.54) is 0 Å². The molecule has 0 aliphatic rings. The van der Waals surface area contributed by atoms with E-state index in [2.05, 4.69) is 0 Å². The zero-order chi connectivity index (χ0) is 9.00. The van der Waals surface area contributed by atoms with Crippen LogP contribution >= 0.6 is 0 Å². The van der Waals surface area contributed by atoms with Crippen LogP contribution in [0.1, 0.15) is 0 Å². The fraction of sp³-hybridized carbons (Fsp3) is 0. The molecule has 0 heterocycles. The maximum absolute atomic E-state index is 8.52. The van der Waals surface area contributed by atoms with Gasteiger partial charge in [0.1, 0.15) is 0 Å². The van der Waals surface area contributed by atoms with Crippen molar-refractivity contribution in [1.82, 2.24) is 0 Å². The average molecular weight is 283 g/mol. The second-order valence-corrected chi connectivity index (χ2v) is 2.45. The zero-order valence-electron chi connectivity index (χ0n) is 4.81. The van der Waals surface area contributed by atoms with Gasteiger partial charge in [-0.05, 0) is 0 Å². The van der Waals surface area contributed by atoms with Gasteiger partial charge in [-0.3, -0.25) is 16.8 Å². The summed E-state index contributed by atoms with van der Waals surface area (Å²) in [6, 6.07) is 0. The minimum absolute atomic E-state index is 0. The van der Waals surface area contributed by atoms with E-state index in [0.717, 1.165) is 0 Å². The molecule has 0 aromatic rings. The molecule has 0 fully saturated rings. The minimum atomic E-state index is -5.17. The summed E-state index contributed by atoms with van der Waals surface area (Å²) in [4.78, 5) is 0. The zero-order valence-corrected chi connectivity index (χ0v) is 8.24. The van der Waals surface area contributed by atoms with Crippen molar-refractivity contribution in [1.29, 1.82) is 0 Å². The van der Waals surface area contributed by atoms with Crippen LogP contribution in [0.15, 0.2) is 0 Å². The Morgan fingerprint density at radius 3 is 0.667 bits per heavy atom. The molecular weight excluding hydrogens is 283 g/mol. The van der Waals surface area contributed by atoms with Gasteiger partial charge in [0.2, 0.25) is 0 Å². The Hall–Kier alpha value is 0.584. The fourth-order valence-corrected chi connectivity index (χ4v) is 0. The van der Waals surface area contributed by atoms with E-state index in [1.807, 2.05) is 0 Å². The van der Waals surface area contributed by atoms with Gasteiger partial charge < -0.3 is 18.2 Å². The van der Waals surface area contributed by atoms with Gasteiger partial charge in [0.05, 0.1) is 0 Å². The molecule has 0 rings (SSSR count). The molecule has 0 spiro atoms. The molecule has 76 valence electrons. The quantitative estimate of drug-likeness (QED) is 0.264. The standard InChI is InChI=1S/Ni.2H2O4S.S/c;2*1-5(2,3)4;/h;2*(H2,1,2,3,4);/q+2;;;+2/p-4. The van der Waals surface area contributed by atoms with Crippen LogP contribution < -0.4 is 0 Å². The Bertz CT molecular complexity index is 211. The first-order chi connectivity index (χ1) is 4.00. The van der Waals surface area contributed by atoms with E-state index >= 15 is 0 Å². The fourth-order valence-electron chi connectivity index (χ4n) is 0. The van der Waals surface area contributed by atoms with Crippen LogP contribution in [0.25, 0.3) is 0 Å². The SMILES string of the molecule is O=S(=O)([O-])[O-].O=S(=O)([O-])[O-].[Ni+2].[S+2]. The first-order valence-corrected chi connectivity index (χ1v) is 4.00. The molecule has 0 amide bonds. The summed E-state index contributed by atoms with van der Waals surface area (Å²) >= 11 is 0. The molecular formula is NiO8S3. The Labute approximate surface area is 85.9 Å². The number of hydrogen-bond acceptors (Lipinski definition) is 8. The van der Waals surface area contributed by atoms with E-state index < -0.39 is 20.8 Å². The van der Waals surface area contributed by atoms with Crippen LogP contribution in [0, 0.1) is 0 Å². The number of rotatable bonds is 0. The molecule has 0 unspecified atom stereocenters. The normalized spacial score (nSPS) is 9.67. The van der Waals surface area contributed by atoms with Gasteiger partial charge in [-0.15, -0.1) is 0 Å². The van der Waals surface area contributed by atoms with Crippen LogP contribution in [0.3, 0.4) is 0 Å². The minimum Gasteiger partial charge on any atom is -0.759 e. The molecule has 12 heavy (non-hydrogen) atoms. The maximum atomic E-state index is 8.52. The van der Waals surface area contributed by atoms with Gasteiger partial charge in [0.25, 0.3) is 0 Å². The summed E-state index contributed by atoms with van der Waals surface area (Å²) in [5, 5.41) is 0. The summed E-state index contributed by atoms with van der Waals surface area (Å²) in [6.45, 7) is 0. The van der Waals surface area contributed by atoms with E-state index in [1.54, 1.807) is 0 Å². The van der Waals surface area contributed by atoms with Crippen molar-refractivity contribution in [3.63, 3.8) is 0 Å². The van der Waals surface area contributed by atoms with Crippen molar-refractivity contribution in [2.24, 2.45) is 0 Å². The largest absolute Gasteiger partial charge is 2.00 e. The van der Waals surface area contributed by atoms with Crippen molar-refractivity contribution >= 4 is 34.3 Å². The Morgan fingerprint density at radius 1 is 0.667 bits per heavy atom. The van der Waals surface area contributed by atoms with Gasteiger partial charge in [-0.1, -0.05) is 0 Å². The van der Waals surface area contributed by atoms with E-state index in [4.69, 9.17) is 35.0 Å². The second kappa shape index (κ2) is 8.19. The summed E-state index contributed by atoms with van der Waals surface area (Å²) in [5.74, 6) is 0. The molecule has 0 aromatic heterocycles. The van der Waals surface area contributed by atoms with Crippen molar-refractivity contribution in [3.8, 4) is 0 Å². The molecule has 0 aliphatic heterocycles. The summed E-state index contributed by atoms with van der Waals surface area (Å²) < 4.78 is 68.2.